The van der Waals surface area contributed by atoms with Crippen LogP contribution < -0.4 is 10.6 Å². The molecule has 2 amide bonds. The number of fused-ring (bicyclic) bond motifs is 2. The van der Waals surface area contributed by atoms with Gasteiger partial charge in [-0.2, -0.15) is 0 Å². The van der Waals surface area contributed by atoms with E-state index in [2.05, 4.69) is 43.8 Å². The number of nitrogens with zero attached hydrogens (tertiary/aromatic N) is 3. The van der Waals surface area contributed by atoms with E-state index in [0.29, 0.717) is 13.1 Å². The maximum absolute atomic E-state index is 12.6. The number of anilines is 3. The fourth-order valence-corrected chi connectivity index (χ4v) is 4.94. The summed E-state index contributed by atoms with van der Waals surface area (Å²) in [6.45, 7) is 1.23. The van der Waals surface area contributed by atoms with Crippen molar-refractivity contribution in [3.05, 3.63) is 84.1 Å². The predicted molar refractivity (Wildman–Crippen MR) is 139 cm³/mol. The first-order chi connectivity index (χ1) is 16.7. The lowest BCUT2D eigenvalue weighted by Crippen LogP contribution is -2.37. The molecule has 34 heavy (non-hydrogen) atoms. The van der Waals surface area contributed by atoms with Gasteiger partial charge in [-0.3, -0.25) is 0 Å². The van der Waals surface area contributed by atoms with E-state index in [9.17, 15) is 4.79 Å². The molecule has 0 saturated heterocycles. The average molecular weight is 467 g/mol. The molecule has 0 fully saturated rings. The number of amides is 2. The van der Waals surface area contributed by atoms with Crippen LogP contribution in [-0.2, 0) is 0 Å². The number of hydrogen-bond donors (Lipinski definition) is 3. The average Bonchev–Trinajstić information content (AvgIpc) is 3.52. The van der Waals surface area contributed by atoms with Crippen molar-refractivity contribution >= 4 is 61.3 Å². The highest BCUT2D eigenvalue weighted by molar-refractivity contribution is 7.16. The van der Waals surface area contributed by atoms with Gasteiger partial charge in [0.25, 0.3) is 0 Å². The molecule has 0 spiro atoms. The summed E-state index contributed by atoms with van der Waals surface area (Å²) < 4.78 is 1.15. The van der Waals surface area contributed by atoms with Crippen molar-refractivity contribution < 1.29 is 4.79 Å². The van der Waals surface area contributed by atoms with Gasteiger partial charge in [-0.15, -0.1) is 11.3 Å². The number of pyridine rings is 1. The Morgan fingerprint density at radius 1 is 1.03 bits per heavy atom. The topological polar surface area (TPSA) is 85.9 Å². The Balaban J connectivity index is 1.20. The molecule has 3 N–H and O–H groups in total. The molecule has 7 nitrogen and oxygen atoms in total. The fourth-order valence-electron chi connectivity index (χ4n) is 4.22. The van der Waals surface area contributed by atoms with Crippen LogP contribution in [0.25, 0.3) is 26.8 Å². The van der Waals surface area contributed by atoms with E-state index < -0.39 is 0 Å². The van der Waals surface area contributed by atoms with Gasteiger partial charge in [0.1, 0.15) is 5.65 Å². The van der Waals surface area contributed by atoms with Gasteiger partial charge in [-0.25, -0.2) is 14.8 Å². The summed E-state index contributed by atoms with van der Waals surface area (Å²) in [5, 5.41) is 7.52. The van der Waals surface area contributed by atoms with E-state index >= 15 is 0 Å². The lowest BCUT2D eigenvalue weighted by Gasteiger charge is -2.26. The van der Waals surface area contributed by atoms with Crippen LogP contribution in [0.2, 0.25) is 0 Å². The van der Waals surface area contributed by atoms with Crippen LogP contribution in [-0.4, -0.2) is 39.0 Å². The summed E-state index contributed by atoms with van der Waals surface area (Å²) in [5.41, 5.74) is 8.76. The van der Waals surface area contributed by atoms with Gasteiger partial charge in [0.05, 0.1) is 21.4 Å². The first-order valence-corrected chi connectivity index (χ1v) is 12.0. The number of para-hydroxylation sites is 1. The number of carbonyl (C=O) groups is 1. The minimum Gasteiger partial charge on any atom is -0.355 e. The molecule has 4 heterocycles. The van der Waals surface area contributed by atoms with E-state index in [1.165, 1.54) is 5.57 Å². The van der Waals surface area contributed by atoms with Gasteiger partial charge < -0.3 is 20.5 Å². The molecule has 6 rings (SSSR count). The van der Waals surface area contributed by atoms with Gasteiger partial charge in [0.15, 0.2) is 0 Å². The van der Waals surface area contributed by atoms with Crippen LogP contribution in [0.15, 0.2) is 78.4 Å². The second kappa shape index (κ2) is 8.64. The molecule has 0 radical (unpaired) electrons. The SMILES string of the molecule is O=C(Nc1ccccc1)N1CC=C(c2cc3c(Nc4ccc5ncsc5c4)ccnc3[nH]2)CC1. The number of aromatic amines is 1. The number of thiazole rings is 1. The summed E-state index contributed by atoms with van der Waals surface area (Å²) in [4.78, 5) is 26.7. The number of aromatic nitrogens is 3. The van der Waals surface area contributed by atoms with E-state index in [-0.39, 0.29) is 6.03 Å². The van der Waals surface area contributed by atoms with E-state index in [0.717, 1.165) is 50.4 Å². The van der Waals surface area contributed by atoms with Crippen LogP contribution in [0.3, 0.4) is 0 Å². The number of rotatable bonds is 4. The Hall–Kier alpha value is -4.17. The summed E-state index contributed by atoms with van der Waals surface area (Å²) in [5.74, 6) is 0. The largest absolute Gasteiger partial charge is 0.355 e. The molecule has 2 aromatic carbocycles. The number of H-pyrrole nitrogens is 1. The number of nitrogens with one attached hydrogen (secondary N) is 3. The van der Waals surface area contributed by atoms with Crippen molar-refractivity contribution in [1.29, 1.82) is 0 Å². The Morgan fingerprint density at radius 2 is 1.94 bits per heavy atom. The van der Waals surface area contributed by atoms with Crippen LogP contribution in [0.5, 0.6) is 0 Å². The molecule has 3 aromatic heterocycles. The molecule has 5 aromatic rings. The second-order valence-corrected chi connectivity index (χ2v) is 9.07. The third-order valence-corrected chi connectivity index (χ3v) is 6.80. The molecular weight excluding hydrogens is 444 g/mol. The summed E-state index contributed by atoms with van der Waals surface area (Å²) >= 11 is 1.63. The number of benzene rings is 2. The third kappa shape index (κ3) is 3.99. The fraction of sp³-hybridized carbons (Fsp3) is 0.115. The highest BCUT2D eigenvalue weighted by Crippen LogP contribution is 2.31. The lowest BCUT2D eigenvalue weighted by atomic mass is 10.0. The Bertz CT molecular complexity index is 1520. The Kier molecular flexibility index (Phi) is 5.20. The van der Waals surface area contributed by atoms with Crippen LogP contribution >= 0.6 is 11.3 Å². The van der Waals surface area contributed by atoms with E-state index in [1.807, 2.05) is 58.9 Å². The maximum atomic E-state index is 12.6. The van der Waals surface area contributed by atoms with Crippen LogP contribution in [0.4, 0.5) is 21.9 Å². The first kappa shape index (κ1) is 20.4. The number of urea groups is 1. The van der Waals surface area contributed by atoms with Crippen molar-refractivity contribution in [3.63, 3.8) is 0 Å². The number of hydrogen-bond acceptors (Lipinski definition) is 5. The molecule has 168 valence electrons. The quantitative estimate of drug-likeness (QED) is 0.293. The monoisotopic (exact) mass is 466 g/mol. The maximum Gasteiger partial charge on any atom is 0.322 e. The molecular formula is C26H22N6OS. The molecule has 0 bridgehead atoms. The standard InChI is InChI=1S/C26H22N6OS/c33-26(30-18-4-2-1-3-5-18)32-12-9-17(10-13-32)23-15-20-21(8-11-27-25(20)31-23)29-19-6-7-22-24(14-19)34-16-28-22/h1-9,11,14-16H,10,12-13H2,(H,30,33)(H2,27,29,31). The van der Waals surface area contributed by atoms with Crippen molar-refractivity contribution in [1.82, 2.24) is 19.9 Å². The van der Waals surface area contributed by atoms with Crippen molar-refractivity contribution in [2.24, 2.45) is 0 Å². The Labute approximate surface area is 200 Å². The van der Waals surface area contributed by atoms with Crippen LogP contribution in [0.1, 0.15) is 12.1 Å². The van der Waals surface area contributed by atoms with Gasteiger partial charge in [-0.05, 0) is 54.5 Å². The minimum absolute atomic E-state index is 0.0794. The molecule has 8 heteroatoms. The molecule has 1 aliphatic heterocycles. The second-order valence-electron chi connectivity index (χ2n) is 8.19. The molecule has 0 atom stereocenters. The Morgan fingerprint density at radius 3 is 2.79 bits per heavy atom. The first-order valence-electron chi connectivity index (χ1n) is 11.1. The van der Waals surface area contributed by atoms with Crippen molar-refractivity contribution in [2.75, 3.05) is 23.7 Å². The molecule has 0 saturated carbocycles. The number of carbonyl (C=O) groups excluding carboxylic acids is 1. The predicted octanol–water partition coefficient (Wildman–Crippen LogP) is 6.24. The normalized spacial score (nSPS) is 13.8. The van der Waals surface area contributed by atoms with Gasteiger partial charge in [0, 0.05) is 41.7 Å². The zero-order valence-electron chi connectivity index (χ0n) is 18.3. The lowest BCUT2D eigenvalue weighted by molar-refractivity contribution is 0.217. The highest BCUT2D eigenvalue weighted by Gasteiger charge is 2.19. The minimum atomic E-state index is -0.0794. The summed E-state index contributed by atoms with van der Waals surface area (Å²) in [6.07, 6.45) is 4.70. The van der Waals surface area contributed by atoms with Gasteiger partial charge >= 0.3 is 6.03 Å². The molecule has 0 unspecified atom stereocenters. The summed E-state index contributed by atoms with van der Waals surface area (Å²) in [6, 6.07) is 19.8. The smallest absolute Gasteiger partial charge is 0.322 e. The zero-order chi connectivity index (χ0) is 22.9. The van der Waals surface area contributed by atoms with Crippen molar-refractivity contribution in [2.45, 2.75) is 6.42 Å². The van der Waals surface area contributed by atoms with E-state index in [4.69, 9.17) is 0 Å². The van der Waals surface area contributed by atoms with E-state index in [1.54, 1.807) is 17.5 Å². The van der Waals surface area contributed by atoms with Crippen LogP contribution in [0, 0.1) is 0 Å². The van der Waals surface area contributed by atoms with Crippen molar-refractivity contribution in [3.8, 4) is 0 Å². The van der Waals surface area contributed by atoms with Gasteiger partial charge in [-0.1, -0.05) is 24.3 Å². The molecule has 0 aliphatic carbocycles. The highest BCUT2D eigenvalue weighted by atomic mass is 32.1. The zero-order valence-corrected chi connectivity index (χ0v) is 19.1. The van der Waals surface area contributed by atoms with Gasteiger partial charge in [0.2, 0.25) is 0 Å². The molecule has 1 aliphatic rings. The summed E-state index contributed by atoms with van der Waals surface area (Å²) in [7, 11) is 0. The third-order valence-electron chi connectivity index (χ3n) is 6.01.